The van der Waals surface area contributed by atoms with Crippen LogP contribution in [0.3, 0.4) is 0 Å². The van der Waals surface area contributed by atoms with E-state index in [0.29, 0.717) is 0 Å². The van der Waals surface area contributed by atoms with Crippen LogP contribution in [0.2, 0.25) is 0 Å². The summed E-state index contributed by atoms with van der Waals surface area (Å²) < 4.78 is 0. The predicted molar refractivity (Wildman–Crippen MR) is 104 cm³/mol. The van der Waals surface area contributed by atoms with Gasteiger partial charge in [-0.3, -0.25) is 0 Å². The molecule has 0 aromatic carbocycles. The Balaban J connectivity index is -0.0000000223. The molecule has 1 nitrogen and oxygen atoms in total. The molecule has 128 valence electrons. The molecule has 0 heterocycles. The molecule has 1 heteroatoms. The molecule has 0 unspecified atom stereocenters. The third-order valence-corrected chi connectivity index (χ3v) is 1.07. The van der Waals surface area contributed by atoms with Crippen molar-refractivity contribution in [2.24, 2.45) is 0 Å². The van der Waals surface area contributed by atoms with E-state index in [1.165, 1.54) is 0 Å². The molecule has 0 saturated carbocycles. The quantitative estimate of drug-likeness (QED) is 0.524. The summed E-state index contributed by atoms with van der Waals surface area (Å²) in [5.41, 5.74) is 1.11. The molecule has 0 aromatic rings. The van der Waals surface area contributed by atoms with Gasteiger partial charge in [-0.15, -0.1) is 19.7 Å². The van der Waals surface area contributed by atoms with Crippen molar-refractivity contribution in [2.75, 3.05) is 6.61 Å². The summed E-state index contributed by atoms with van der Waals surface area (Å²) in [5, 5.41) is 8.46. The molecule has 0 aliphatic rings. The Bertz CT molecular complexity index is 98.3. The van der Waals surface area contributed by atoms with E-state index in [9.17, 15) is 0 Å². The fourth-order valence-electron chi connectivity index (χ4n) is 0.407. The van der Waals surface area contributed by atoms with Crippen molar-refractivity contribution in [3.63, 3.8) is 0 Å². The van der Waals surface area contributed by atoms with Gasteiger partial charge in [-0.05, 0) is 25.8 Å². The first-order chi connectivity index (χ1) is 9.76. The highest BCUT2D eigenvalue weighted by molar-refractivity contribution is 4.98. The molecular weight excluding hydrogens is 244 g/mol. The molecule has 0 spiro atoms. The van der Waals surface area contributed by atoms with E-state index >= 15 is 0 Å². The van der Waals surface area contributed by atoms with Crippen LogP contribution < -0.4 is 0 Å². The van der Waals surface area contributed by atoms with Crippen LogP contribution in [0.1, 0.15) is 82.6 Å². The number of aliphatic hydroxyl groups excluding tert-OH is 1. The number of aliphatic hydroxyl groups is 1. The number of hydrogen-bond donors (Lipinski definition) is 1. The first kappa shape index (κ1) is 42.7. The van der Waals surface area contributed by atoms with Crippen molar-refractivity contribution in [3.8, 4) is 0 Å². The van der Waals surface area contributed by atoms with Gasteiger partial charge in [0, 0.05) is 0 Å². The van der Waals surface area contributed by atoms with Crippen molar-refractivity contribution in [3.05, 3.63) is 37.5 Å². The summed E-state index contributed by atoms with van der Waals surface area (Å²) in [6, 6.07) is 0. The predicted octanol–water partition coefficient (Wildman–Crippen LogP) is 7.43. The minimum Gasteiger partial charge on any atom is -0.392 e. The monoisotopic (exact) mass is 290 g/mol. The van der Waals surface area contributed by atoms with Crippen LogP contribution in [0.4, 0.5) is 0 Å². The van der Waals surface area contributed by atoms with Gasteiger partial charge in [-0.2, -0.15) is 0 Å². The van der Waals surface area contributed by atoms with E-state index in [2.05, 4.69) is 19.7 Å². The van der Waals surface area contributed by atoms with Gasteiger partial charge in [-0.1, -0.05) is 74.5 Å². The second-order valence-corrected chi connectivity index (χ2v) is 1.87. The molecule has 0 aromatic heterocycles. The zero-order valence-corrected chi connectivity index (χ0v) is 16.6. The van der Waals surface area contributed by atoms with E-state index in [4.69, 9.17) is 5.11 Å². The van der Waals surface area contributed by atoms with Crippen LogP contribution in [0, 0.1) is 0 Å². The van der Waals surface area contributed by atoms with Crippen LogP contribution in [-0.4, -0.2) is 11.7 Å². The minimum atomic E-state index is 0.215. The lowest BCUT2D eigenvalue weighted by atomic mass is 10.2. The van der Waals surface area contributed by atoms with Gasteiger partial charge in [-0.25, -0.2) is 0 Å². The number of allylic oxidation sites excluding steroid dienone is 2. The smallest absolute Gasteiger partial charge is 0.0641 e. The Morgan fingerprint density at radius 1 is 0.850 bits per heavy atom. The average molecular weight is 291 g/mol. The van der Waals surface area contributed by atoms with Gasteiger partial charge >= 0.3 is 0 Å². The SMILES string of the molecule is C/C=C(\CC)CO.C=C.C=CC.CC.CC.CC.CC. The molecule has 0 bridgehead atoms. The van der Waals surface area contributed by atoms with Gasteiger partial charge in [0.15, 0.2) is 0 Å². The van der Waals surface area contributed by atoms with E-state index in [1.807, 2.05) is 82.2 Å². The van der Waals surface area contributed by atoms with Crippen LogP contribution in [0.5, 0.6) is 0 Å². The molecule has 1 N–H and O–H groups in total. The van der Waals surface area contributed by atoms with Gasteiger partial charge in [0.05, 0.1) is 6.61 Å². The second kappa shape index (κ2) is 140. The zero-order chi connectivity index (χ0) is 18.4. The third-order valence-electron chi connectivity index (χ3n) is 1.07. The topological polar surface area (TPSA) is 20.2 Å². The zero-order valence-electron chi connectivity index (χ0n) is 16.6. The van der Waals surface area contributed by atoms with Crippen LogP contribution in [0.25, 0.3) is 0 Å². The van der Waals surface area contributed by atoms with E-state index in [1.54, 1.807) is 6.08 Å². The number of rotatable bonds is 2. The van der Waals surface area contributed by atoms with Crippen molar-refractivity contribution in [2.45, 2.75) is 82.6 Å². The molecule has 20 heavy (non-hydrogen) atoms. The maximum Gasteiger partial charge on any atom is 0.0641 e. The Labute approximate surface area is 132 Å². The molecule has 0 rings (SSSR count). The first-order valence-electron chi connectivity index (χ1n) is 8.08. The third kappa shape index (κ3) is 168. The molecule has 0 fully saturated rings. The maximum absolute atomic E-state index is 8.46. The summed E-state index contributed by atoms with van der Waals surface area (Å²) in [4.78, 5) is 0. The first-order valence-corrected chi connectivity index (χ1v) is 8.08. The Morgan fingerprint density at radius 2 is 1.05 bits per heavy atom. The average Bonchev–Trinajstić information content (AvgIpc) is 2.59. The standard InChI is InChI=1S/C6H12O.C3H6.4C2H6.C2H4/c1-3-6(4-2)5-7;1-3-2;5*1-2/h3,7H,4-5H2,1-2H3;3H,1H2,2H3;4*1-2H3;1-2H2/b6-3+;;;;;;. The van der Waals surface area contributed by atoms with Gasteiger partial charge in [0.2, 0.25) is 0 Å². The van der Waals surface area contributed by atoms with E-state index in [0.717, 1.165) is 12.0 Å². The minimum absolute atomic E-state index is 0.215. The molecule has 0 amide bonds. The van der Waals surface area contributed by atoms with Crippen molar-refractivity contribution < 1.29 is 5.11 Å². The van der Waals surface area contributed by atoms with E-state index < -0.39 is 0 Å². The highest BCUT2D eigenvalue weighted by Gasteiger charge is 1.83. The second-order valence-electron chi connectivity index (χ2n) is 1.87. The maximum atomic E-state index is 8.46. The largest absolute Gasteiger partial charge is 0.392 e. The molecule has 0 aliphatic heterocycles. The fourth-order valence-corrected chi connectivity index (χ4v) is 0.407. The summed E-state index contributed by atoms with van der Waals surface area (Å²) in [7, 11) is 0. The molecular formula is C19H46O. The van der Waals surface area contributed by atoms with Crippen LogP contribution in [0.15, 0.2) is 37.5 Å². The van der Waals surface area contributed by atoms with Crippen molar-refractivity contribution in [1.29, 1.82) is 0 Å². The highest BCUT2D eigenvalue weighted by Crippen LogP contribution is 1.95. The van der Waals surface area contributed by atoms with E-state index in [-0.39, 0.29) is 6.61 Å². The Kier molecular flexibility index (Phi) is 300. The lowest BCUT2D eigenvalue weighted by Crippen LogP contribution is -1.85. The summed E-state index contributed by atoms with van der Waals surface area (Å²) in [6.07, 6.45) is 4.66. The van der Waals surface area contributed by atoms with Gasteiger partial charge < -0.3 is 5.11 Å². The van der Waals surface area contributed by atoms with Crippen molar-refractivity contribution in [1.82, 2.24) is 0 Å². The molecule has 0 radical (unpaired) electrons. The van der Waals surface area contributed by atoms with Crippen molar-refractivity contribution >= 4 is 0 Å². The number of hydrogen-bond acceptors (Lipinski definition) is 1. The molecule has 0 saturated heterocycles. The summed E-state index contributed by atoms with van der Waals surface area (Å²) >= 11 is 0. The lowest BCUT2D eigenvalue weighted by molar-refractivity contribution is 0.327. The van der Waals surface area contributed by atoms with Crippen LogP contribution >= 0.6 is 0 Å². The fraction of sp³-hybridized carbons (Fsp3) is 0.684. The van der Waals surface area contributed by atoms with Gasteiger partial charge in [0.1, 0.15) is 0 Å². The van der Waals surface area contributed by atoms with Gasteiger partial charge in [0.25, 0.3) is 0 Å². The highest BCUT2D eigenvalue weighted by atomic mass is 16.3. The summed E-state index contributed by atoms with van der Waals surface area (Å²) in [6.45, 7) is 31.4. The normalized spacial score (nSPS) is 6.30. The molecule has 0 atom stereocenters. The molecule has 0 aliphatic carbocycles. The Morgan fingerprint density at radius 3 is 1.05 bits per heavy atom. The van der Waals surface area contributed by atoms with Crippen LogP contribution in [-0.2, 0) is 0 Å². The Hall–Kier alpha value is -0.820. The summed E-state index contributed by atoms with van der Waals surface area (Å²) in [5.74, 6) is 0. The lowest BCUT2D eigenvalue weighted by Gasteiger charge is -1.92.